The second kappa shape index (κ2) is 33.7. The number of allylic oxidation sites excluding steroid dienone is 2. The molecule has 4 N–H and O–H groups in total. The van der Waals surface area contributed by atoms with E-state index in [2.05, 4.69) is 26.0 Å². The number of hydrogen-bond donors (Lipinski definition) is 4. The molecule has 50 heavy (non-hydrogen) atoms. The first-order valence-corrected chi connectivity index (χ1v) is 20.8. The Balaban J connectivity index is 2.26. The third kappa shape index (κ3) is 25.0. The minimum absolute atomic E-state index is 0.111. The largest absolute Gasteiger partial charge is 0.457 e. The molecule has 1 aliphatic heterocycles. The molecule has 1 heterocycles. The summed E-state index contributed by atoms with van der Waals surface area (Å²) in [5, 5.41) is 39.9. The van der Waals surface area contributed by atoms with Crippen molar-refractivity contribution in [1.29, 1.82) is 0 Å². The van der Waals surface area contributed by atoms with Crippen LogP contribution in [0, 0.1) is 0 Å². The predicted molar refractivity (Wildman–Crippen MR) is 201 cm³/mol. The Bertz CT molecular complexity index is 777. The Morgan fingerprint density at radius 3 is 1.62 bits per heavy atom. The van der Waals surface area contributed by atoms with Crippen LogP contribution in [0.15, 0.2) is 12.2 Å². The number of aliphatic hydroxyl groups is 4. The minimum Gasteiger partial charge on any atom is -0.457 e. The van der Waals surface area contributed by atoms with Crippen LogP contribution in [0.5, 0.6) is 0 Å². The number of rotatable bonds is 35. The van der Waals surface area contributed by atoms with Gasteiger partial charge in [-0.2, -0.15) is 0 Å². The number of aliphatic hydroxyl groups excluding tert-OH is 4. The summed E-state index contributed by atoms with van der Waals surface area (Å²) in [5.74, 6) is -0.317. The topological polar surface area (TPSA) is 135 Å². The van der Waals surface area contributed by atoms with Crippen molar-refractivity contribution in [1.82, 2.24) is 0 Å². The Labute approximate surface area is 305 Å². The molecule has 0 spiro atoms. The molecule has 0 aliphatic carbocycles. The maximum atomic E-state index is 12.7. The molecule has 0 amide bonds. The molecule has 0 aromatic rings. The number of carbonyl (C=O) groups excluding carboxylic acids is 1. The molecule has 6 atom stereocenters. The van der Waals surface area contributed by atoms with Gasteiger partial charge in [0, 0.05) is 13.0 Å². The molecule has 1 rings (SSSR count). The molecule has 1 saturated heterocycles. The van der Waals surface area contributed by atoms with Crippen LogP contribution in [0.4, 0.5) is 0 Å². The SMILES string of the molecule is CCCCCCCCC/C=C\CCCCCCCCCC(=O)OC(COCCCCCCCCCCC)COC1OC(CO)C(O)C(O)C1O. The third-order valence-electron chi connectivity index (χ3n) is 9.68. The van der Waals surface area contributed by atoms with E-state index in [0.717, 1.165) is 32.1 Å². The molecule has 9 nitrogen and oxygen atoms in total. The molecule has 0 aromatic carbocycles. The van der Waals surface area contributed by atoms with Gasteiger partial charge in [0.2, 0.25) is 0 Å². The Morgan fingerprint density at radius 1 is 0.620 bits per heavy atom. The number of hydrogen-bond acceptors (Lipinski definition) is 9. The Morgan fingerprint density at radius 2 is 1.10 bits per heavy atom. The van der Waals surface area contributed by atoms with E-state index in [-0.39, 0.29) is 19.2 Å². The fraction of sp³-hybridized carbons (Fsp3) is 0.927. The smallest absolute Gasteiger partial charge is 0.306 e. The molecule has 0 saturated carbocycles. The Hall–Kier alpha value is -1.07. The molecule has 1 aliphatic rings. The summed E-state index contributed by atoms with van der Waals surface area (Å²) in [4.78, 5) is 12.7. The van der Waals surface area contributed by atoms with Crippen molar-refractivity contribution in [2.24, 2.45) is 0 Å². The quantitative estimate of drug-likeness (QED) is 0.0290. The van der Waals surface area contributed by atoms with Crippen LogP contribution in [0.25, 0.3) is 0 Å². The van der Waals surface area contributed by atoms with Crippen molar-refractivity contribution >= 4 is 5.97 Å². The molecule has 9 heteroatoms. The van der Waals surface area contributed by atoms with Gasteiger partial charge in [-0.25, -0.2) is 0 Å². The zero-order valence-electron chi connectivity index (χ0n) is 32.2. The van der Waals surface area contributed by atoms with E-state index in [9.17, 15) is 25.2 Å². The Kier molecular flexibility index (Phi) is 31.7. The van der Waals surface area contributed by atoms with Crippen molar-refractivity contribution in [3.63, 3.8) is 0 Å². The molecular weight excluding hydrogens is 636 g/mol. The summed E-state index contributed by atoms with van der Waals surface area (Å²) in [6, 6.07) is 0. The van der Waals surface area contributed by atoms with Gasteiger partial charge < -0.3 is 39.4 Å². The van der Waals surface area contributed by atoms with Gasteiger partial charge in [-0.05, 0) is 38.5 Å². The van der Waals surface area contributed by atoms with Crippen molar-refractivity contribution in [3.8, 4) is 0 Å². The van der Waals surface area contributed by atoms with Gasteiger partial charge in [0.1, 0.15) is 30.5 Å². The van der Waals surface area contributed by atoms with Crippen LogP contribution in [-0.4, -0.2) is 89.6 Å². The molecule has 0 bridgehead atoms. The first-order valence-electron chi connectivity index (χ1n) is 20.8. The van der Waals surface area contributed by atoms with Crippen LogP contribution < -0.4 is 0 Å². The highest BCUT2D eigenvalue weighted by Crippen LogP contribution is 2.22. The van der Waals surface area contributed by atoms with E-state index in [4.69, 9.17) is 18.9 Å². The fourth-order valence-electron chi connectivity index (χ4n) is 6.37. The second-order valence-corrected chi connectivity index (χ2v) is 14.4. The number of unbranched alkanes of at least 4 members (excludes halogenated alkanes) is 22. The van der Waals surface area contributed by atoms with Crippen LogP contribution in [0.1, 0.15) is 181 Å². The average Bonchev–Trinajstić information content (AvgIpc) is 3.11. The normalized spacial score (nSPS) is 21.6. The van der Waals surface area contributed by atoms with E-state index in [1.807, 2.05) is 0 Å². The number of esters is 1. The lowest BCUT2D eigenvalue weighted by atomic mass is 9.99. The van der Waals surface area contributed by atoms with Crippen molar-refractivity contribution in [2.45, 2.75) is 218 Å². The van der Waals surface area contributed by atoms with Gasteiger partial charge >= 0.3 is 5.97 Å². The van der Waals surface area contributed by atoms with E-state index in [0.29, 0.717) is 13.0 Å². The van der Waals surface area contributed by atoms with Gasteiger partial charge in [-0.3, -0.25) is 4.79 Å². The van der Waals surface area contributed by atoms with Gasteiger partial charge in [0.15, 0.2) is 6.29 Å². The van der Waals surface area contributed by atoms with Crippen molar-refractivity contribution in [2.75, 3.05) is 26.4 Å². The fourth-order valence-corrected chi connectivity index (χ4v) is 6.37. The van der Waals surface area contributed by atoms with Gasteiger partial charge in [0.05, 0.1) is 19.8 Å². The lowest BCUT2D eigenvalue weighted by molar-refractivity contribution is -0.305. The summed E-state index contributed by atoms with van der Waals surface area (Å²) in [6.45, 7) is 4.55. The summed E-state index contributed by atoms with van der Waals surface area (Å²) >= 11 is 0. The maximum Gasteiger partial charge on any atom is 0.306 e. The monoisotopic (exact) mass is 715 g/mol. The van der Waals surface area contributed by atoms with Gasteiger partial charge in [-0.1, -0.05) is 148 Å². The molecule has 0 aromatic heterocycles. The van der Waals surface area contributed by atoms with E-state index >= 15 is 0 Å². The van der Waals surface area contributed by atoms with Crippen LogP contribution in [0.3, 0.4) is 0 Å². The van der Waals surface area contributed by atoms with Gasteiger partial charge in [0.25, 0.3) is 0 Å². The van der Waals surface area contributed by atoms with Crippen molar-refractivity contribution < 1.29 is 44.2 Å². The minimum atomic E-state index is -1.53. The standard InChI is InChI=1S/C41H78O9/c1-3-5-7-9-11-13-14-15-16-17-18-19-20-21-22-24-26-28-30-37(43)49-35(33-47-31-29-27-25-23-12-10-8-6-4-2)34-48-41-40(46)39(45)38(44)36(32-42)50-41/h16-17,35-36,38-42,44-46H,3-15,18-34H2,1-2H3/b17-16-. The summed E-state index contributed by atoms with van der Waals surface area (Å²) in [7, 11) is 0. The second-order valence-electron chi connectivity index (χ2n) is 14.4. The molecule has 6 unspecified atom stereocenters. The number of ether oxygens (including phenoxy) is 4. The first-order chi connectivity index (χ1) is 24.4. The summed E-state index contributed by atoms with van der Waals surface area (Å²) in [5.41, 5.74) is 0. The van der Waals surface area contributed by atoms with Crippen LogP contribution in [0.2, 0.25) is 0 Å². The zero-order chi connectivity index (χ0) is 36.5. The highest BCUT2D eigenvalue weighted by molar-refractivity contribution is 5.69. The first kappa shape index (κ1) is 47.0. The highest BCUT2D eigenvalue weighted by Gasteiger charge is 2.44. The zero-order valence-corrected chi connectivity index (χ0v) is 32.2. The lowest BCUT2D eigenvalue weighted by Gasteiger charge is -2.39. The average molecular weight is 715 g/mol. The van der Waals surface area contributed by atoms with E-state index in [1.54, 1.807) is 0 Å². The maximum absolute atomic E-state index is 12.7. The summed E-state index contributed by atoms with van der Waals surface area (Å²) in [6.07, 6.45) is 28.1. The highest BCUT2D eigenvalue weighted by atomic mass is 16.7. The van der Waals surface area contributed by atoms with Crippen LogP contribution in [-0.2, 0) is 23.7 Å². The third-order valence-corrected chi connectivity index (χ3v) is 9.68. The van der Waals surface area contributed by atoms with E-state index < -0.39 is 43.4 Å². The molecule has 1 fully saturated rings. The van der Waals surface area contributed by atoms with Crippen molar-refractivity contribution in [3.05, 3.63) is 12.2 Å². The number of carbonyl (C=O) groups is 1. The lowest BCUT2D eigenvalue weighted by Crippen LogP contribution is -2.59. The molecule has 0 radical (unpaired) electrons. The van der Waals surface area contributed by atoms with Crippen LogP contribution >= 0.6 is 0 Å². The van der Waals surface area contributed by atoms with Gasteiger partial charge in [-0.15, -0.1) is 0 Å². The summed E-state index contributed by atoms with van der Waals surface area (Å²) < 4.78 is 22.7. The molecular formula is C41H78O9. The molecule has 296 valence electrons. The van der Waals surface area contributed by atoms with E-state index in [1.165, 1.54) is 128 Å². The predicted octanol–water partition coefficient (Wildman–Crippen LogP) is 8.47.